The van der Waals surface area contributed by atoms with Gasteiger partial charge in [0.05, 0.1) is 0 Å². The average Bonchev–Trinajstić information content (AvgIpc) is 2.14. The van der Waals surface area contributed by atoms with Crippen molar-refractivity contribution >= 4 is 12.0 Å². The van der Waals surface area contributed by atoms with Gasteiger partial charge < -0.3 is 20.5 Å². The molecule has 0 fully saturated rings. The summed E-state index contributed by atoms with van der Waals surface area (Å²) in [6, 6.07) is -0.663. The first-order valence-electron chi connectivity index (χ1n) is 5.64. The lowest BCUT2D eigenvalue weighted by molar-refractivity contribution is -0.122. The third kappa shape index (κ3) is 8.50. The molecule has 0 aromatic carbocycles. The summed E-state index contributed by atoms with van der Waals surface area (Å²) in [7, 11) is 0. The molecular weight excluding hydrogens is 224 g/mol. The molecule has 0 aliphatic heterocycles. The smallest absolute Gasteiger partial charge is 0.408 e. The Balaban J connectivity index is 3.95. The zero-order valence-corrected chi connectivity index (χ0v) is 10.9. The number of rotatable bonds is 5. The van der Waals surface area contributed by atoms with Crippen LogP contribution in [0.4, 0.5) is 4.79 Å². The predicted molar refractivity (Wildman–Crippen MR) is 63.5 cm³/mol. The lowest BCUT2D eigenvalue weighted by Gasteiger charge is -2.21. The summed E-state index contributed by atoms with van der Waals surface area (Å²) in [4.78, 5) is 22.8. The van der Waals surface area contributed by atoms with E-state index in [0.29, 0.717) is 13.0 Å². The molecular formula is C11H22N2O4. The minimum absolute atomic E-state index is 0.0220. The largest absolute Gasteiger partial charge is 0.444 e. The van der Waals surface area contributed by atoms with E-state index in [1.54, 1.807) is 27.7 Å². The van der Waals surface area contributed by atoms with Gasteiger partial charge in [0.25, 0.3) is 0 Å². The van der Waals surface area contributed by atoms with Gasteiger partial charge in [0.1, 0.15) is 11.6 Å². The summed E-state index contributed by atoms with van der Waals surface area (Å²) in [6.45, 7) is 7.22. The minimum atomic E-state index is -0.663. The van der Waals surface area contributed by atoms with E-state index in [4.69, 9.17) is 9.84 Å². The normalized spacial score (nSPS) is 12.8. The highest BCUT2D eigenvalue weighted by molar-refractivity contribution is 5.85. The Labute approximate surface area is 102 Å². The van der Waals surface area contributed by atoms with E-state index < -0.39 is 17.7 Å². The number of amides is 2. The van der Waals surface area contributed by atoms with Crippen molar-refractivity contribution in [1.82, 2.24) is 10.6 Å². The molecule has 17 heavy (non-hydrogen) atoms. The van der Waals surface area contributed by atoms with Gasteiger partial charge in [-0.25, -0.2) is 4.79 Å². The first kappa shape index (κ1) is 15.7. The van der Waals surface area contributed by atoms with Crippen molar-refractivity contribution in [1.29, 1.82) is 0 Å². The van der Waals surface area contributed by atoms with Crippen molar-refractivity contribution < 1.29 is 19.4 Å². The van der Waals surface area contributed by atoms with E-state index in [1.165, 1.54) is 0 Å². The molecule has 0 radical (unpaired) electrons. The number of alkyl carbamates (subject to hydrolysis) is 1. The molecule has 0 heterocycles. The number of hydrogen-bond donors (Lipinski definition) is 3. The van der Waals surface area contributed by atoms with Crippen LogP contribution >= 0.6 is 0 Å². The summed E-state index contributed by atoms with van der Waals surface area (Å²) in [6.07, 6.45) is -0.132. The molecule has 3 N–H and O–H groups in total. The molecule has 0 bridgehead atoms. The molecule has 0 rings (SSSR count). The predicted octanol–water partition coefficient (Wildman–Crippen LogP) is 0.398. The van der Waals surface area contributed by atoms with Crippen molar-refractivity contribution in [3.8, 4) is 0 Å². The van der Waals surface area contributed by atoms with Gasteiger partial charge in [0.15, 0.2) is 0 Å². The van der Waals surface area contributed by atoms with Crippen LogP contribution in [0.25, 0.3) is 0 Å². The second-order valence-electron chi connectivity index (χ2n) is 4.74. The molecule has 0 aromatic heterocycles. The van der Waals surface area contributed by atoms with Crippen LogP contribution in [0.3, 0.4) is 0 Å². The third-order valence-electron chi connectivity index (χ3n) is 1.76. The van der Waals surface area contributed by atoms with E-state index in [2.05, 4.69) is 10.6 Å². The van der Waals surface area contributed by atoms with Gasteiger partial charge in [-0.2, -0.15) is 0 Å². The number of aliphatic hydroxyl groups is 1. The fourth-order valence-electron chi connectivity index (χ4n) is 0.994. The van der Waals surface area contributed by atoms with Crippen LogP contribution in [0.5, 0.6) is 0 Å². The van der Waals surface area contributed by atoms with Gasteiger partial charge >= 0.3 is 6.09 Å². The molecule has 1 atom stereocenters. The van der Waals surface area contributed by atoms with E-state index in [1.807, 2.05) is 0 Å². The van der Waals surface area contributed by atoms with Crippen molar-refractivity contribution in [2.45, 2.75) is 45.8 Å². The highest BCUT2D eigenvalue weighted by Crippen LogP contribution is 2.06. The van der Waals surface area contributed by atoms with Crippen molar-refractivity contribution in [2.24, 2.45) is 0 Å². The second-order valence-corrected chi connectivity index (χ2v) is 4.74. The fraction of sp³-hybridized carbons (Fsp3) is 0.818. The van der Waals surface area contributed by atoms with Crippen LogP contribution in [-0.2, 0) is 9.53 Å². The Bertz CT molecular complexity index is 261. The van der Waals surface area contributed by atoms with Gasteiger partial charge in [-0.1, -0.05) is 0 Å². The van der Waals surface area contributed by atoms with Gasteiger partial charge in [-0.15, -0.1) is 0 Å². The van der Waals surface area contributed by atoms with Crippen LogP contribution in [0.15, 0.2) is 0 Å². The monoisotopic (exact) mass is 246 g/mol. The summed E-state index contributed by atoms with van der Waals surface area (Å²) in [5, 5.41) is 13.6. The Morgan fingerprint density at radius 3 is 2.41 bits per heavy atom. The molecule has 0 aliphatic rings. The quantitative estimate of drug-likeness (QED) is 0.613. The number of aliphatic hydroxyl groups excluding tert-OH is 1. The van der Waals surface area contributed by atoms with E-state index >= 15 is 0 Å². The van der Waals surface area contributed by atoms with E-state index in [-0.39, 0.29) is 12.5 Å². The Hall–Kier alpha value is -1.30. The molecule has 0 unspecified atom stereocenters. The Morgan fingerprint density at radius 1 is 1.35 bits per heavy atom. The lowest BCUT2D eigenvalue weighted by Crippen LogP contribution is -2.46. The summed E-state index contributed by atoms with van der Waals surface area (Å²) >= 11 is 0. The van der Waals surface area contributed by atoms with Gasteiger partial charge in [0, 0.05) is 13.2 Å². The van der Waals surface area contributed by atoms with Crippen LogP contribution in [-0.4, -0.2) is 41.9 Å². The number of carbonyl (C=O) groups excluding carboxylic acids is 2. The molecule has 0 aliphatic carbocycles. The number of hydrogen-bond acceptors (Lipinski definition) is 4. The Kier molecular flexibility index (Phi) is 6.57. The number of carbonyl (C=O) groups is 2. The molecule has 6 heteroatoms. The molecule has 6 nitrogen and oxygen atoms in total. The molecule has 0 saturated carbocycles. The zero-order chi connectivity index (χ0) is 13.5. The number of nitrogens with one attached hydrogen (secondary N) is 2. The lowest BCUT2D eigenvalue weighted by atomic mass is 10.2. The molecule has 0 saturated heterocycles. The van der Waals surface area contributed by atoms with E-state index in [9.17, 15) is 9.59 Å². The van der Waals surface area contributed by atoms with Crippen LogP contribution in [0.2, 0.25) is 0 Å². The van der Waals surface area contributed by atoms with Gasteiger partial charge in [-0.05, 0) is 34.1 Å². The van der Waals surface area contributed by atoms with Crippen molar-refractivity contribution in [3.05, 3.63) is 0 Å². The first-order chi connectivity index (χ1) is 7.76. The first-order valence-corrected chi connectivity index (χ1v) is 5.64. The van der Waals surface area contributed by atoms with Crippen molar-refractivity contribution in [3.63, 3.8) is 0 Å². The molecule has 0 spiro atoms. The topological polar surface area (TPSA) is 87.7 Å². The Morgan fingerprint density at radius 2 is 1.94 bits per heavy atom. The van der Waals surface area contributed by atoms with Crippen LogP contribution in [0.1, 0.15) is 34.1 Å². The molecule has 0 aromatic rings. The maximum atomic E-state index is 11.5. The molecule has 2 amide bonds. The second kappa shape index (κ2) is 7.11. The SMILES string of the molecule is C[C@H](NC(=O)OC(C)(C)C)C(=O)NCCCO. The molecule has 100 valence electrons. The highest BCUT2D eigenvalue weighted by Gasteiger charge is 2.20. The summed E-state index contributed by atoms with van der Waals surface area (Å²) < 4.78 is 5.01. The number of ether oxygens (including phenoxy) is 1. The third-order valence-corrected chi connectivity index (χ3v) is 1.76. The van der Waals surface area contributed by atoms with Gasteiger partial charge in [-0.3, -0.25) is 4.79 Å². The van der Waals surface area contributed by atoms with Crippen LogP contribution in [0, 0.1) is 0 Å². The fourth-order valence-corrected chi connectivity index (χ4v) is 0.994. The van der Waals surface area contributed by atoms with Crippen LogP contribution < -0.4 is 10.6 Å². The van der Waals surface area contributed by atoms with Crippen molar-refractivity contribution in [2.75, 3.05) is 13.2 Å². The highest BCUT2D eigenvalue weighted by atomic mass is 16.6. The summed E-state index contributed by atoms with van der Waals surface area (Å²) in [5.41, 5.74) is -0.586. The van der Waals surface area contributed by atoms with Gasteiger partial charge in [0.2, 0.25) is 5.91 Å². The maximum absolute atomic E-state index is 11.5. The summed E-state index contributed by atoms with van der Waals surface area (Å²) in [5.74, 6) is -0.302. The standard InChI is InChI=1S/C11H22N2O4/c1-8(9(15)12-6-5-7-14)13-10(16)17-11(2,3)4/h8,14H,5-7H2,1-4H3,(H,12,15)(H,13,16)/t8-/m0/s1. The average molecular weight is 246 g/mol. The zero-order valence-electron chi connectivity index (χ0n) is 10.9. The minimum Gasteiger partial charge on any atom is -0.444 e. The van der Waals surface area contributed by atoms with E-state index in [0.717, 1.165) is 0 Å². The maximum Gasteiger partial charge on any atom is 0.408 e.